The number of hydrogen-bond acceptors (Lipinski definition) is 9. The Labute approximate surface area is 232 Å². The molecule has 3 N–H and O–H groups in total. The second-order valence-corrected chi connectivity index (χ2v) is 10.0. The third kappa shape index (κ3) is 6.05. The average Bonchev–Trinajstić information content (AvgIpc) is 3.15. The van der Waals surface area contributed by atoms with Crippen molar-refractivity contribution < 1.29 is 31.1 Å². The first-order valence-corrected chi connectivity index (χ1v) is 13.1. The van der Waals surface area contributed by atoms with Crippen molar-refractivity contribution in [1.82, 2.24) is 25.6 Å². The topological polar surface area (TPSA) is 90.5 Å². The van der Waals surface area contributed by atoms with Crippen molar-refractivity contribution in [2.75, 3.05) is 61.6 Å². The number of pyridine rings is 1. The first kappa shape index (κ1) is 28.9. The second-order valence-electron chi connectivity index (χ2n) is 10.0. The highest BCUT2D eigenvalue weighted by atomic mass is 19.4. The summed E-state index contributed by atoms with van der Waals surface area (Å²) in [6.07, 6.45) is -4.91. The molecule has 222 valence electrons. The molecule has 3 aliphatic rings. The number of aromatic nitrogens is 3. The van der Waals surface area contributed by atoms with Gasteiger partial charge in [-0.2, -0.15) is 31.3 Å². The van der Waals surface area contributed by atoms with E-state index in [2.05, 4.69) is 20.9 Å². The summed E-state index contributed by atoms with van der Waals surface area (Å²) in [7, 11) is 1.42. The van der Waals surface area contributed by atoms with Crippen LogP contribution in [-0.2, 0) is 23.8 Å². The van der Waals surface area contributed by atoms with Crippen LogP contribution >= 0.6 is 0 Å². The number of nitrogens with zero attached hydrogens (tertiary/aromatic N) is 5. The number of hydrogen-bond donors (Lipinski definition) is 3. The summed E-state index contributed by atoms with van der Waals surface area (Å²) in [6.45, 7) is 3.88. The van der Waals surface area contributed by atoms with Gasteiger partial charge in [0.25, 0.3) is 0 Å². The van der Waals surface area contributed by atoms with E-state index in [0.717, 1.165) is 12.1 Å². The third-order valence-electron chi connectivity index (χ3n) is 7.42. The van der Waals surface area contributed by atoms with E-state index in [1.165, 1.54) is 32.3 Å². The maximum Gasteiger partial charge on any atom is 0.419 e. The van der Waals surface area contributed by atoms with E-state index >= 15 is 0 Å². The Morgan fingerprint density at radius 3 is 2.37 bits per heavy atom. The van der Waals surface area contributed by atoms with Crippen LogP contribution in [-0.4, -0.2) is 73.2 Å². The first-order chi connectivity index (χ1) is 19.4. The fourth-order valence-corrected chi connectivity index (χ4v) is 5.16. The van der Waals surface area contributed by atoms with Crippen LogP contribution in [0.25, 0.3) is 0 Å². The summed E-state index contributed by atoms with van der Waals surface area (Å²) in [5.74, 6) is 0.899. The Balaban J connectivity index is 1.50. The van der Waals surface area contributed by atoms with Crippen LogP contribution in [0, 0.1) is 0 Å². The maximum absolute atomic E-state index is 13.7. The number of halogens is 6. The van der Waals surface area contributed by atoms with Crippen LogP contribution in [0.1, 0.15) is 23.7 Å². The van der Waals surface area contributed by atoms with Crippen LogP contribution in [0.4, 0.5) is 43.9 Å². The fraction of sp³-hybridized carbons (Fsp3) is 0.500. The zero-order valence-corrected chi connectivity index (χ0v) is 22.5. The molecule has 1 fully saturated rings. The van der Waals surface area contributed by atoms with E-state index < -0.39 is 29.2 Å². The Morgan fingerprint density at radius 1 is 0.951 bits per heavy atom. The fourth-order valence-electron chi connectivity index (χ4n) is 5.16. The molecule has 0 amide bonds. The molecule has 2 aromatic rings. The Bertz CT molecular complexity index is 1340. The first-order valence-electron chi connectivity index (χ1n) is 13.1. The van der Waals surface area contributed by atoms with Gasteiger partial charge in [0.05, 0.1) is 30.0 Å². The minimum Gasteiger partial charge on any atom is -0.378 e. The molecule has 5 heterocycles. The lowest BCUT2D eigenvalue weighted by Crippen LogP contribution is -2.58. The smallest absolute Gasteiger partial charge is 0.378 e. The predicted molar refractivity (Wildman–Crippen MR) is 140 cm³/mol. The summed E-state index contributed by atoms with van der Waals surface area (Å²) in [4.78, 5) is 17.1. The van der Waals surface area contributed by atoms with Gasteiger partial charge in [-0.25, -0.2) is 9.97 Å². The zero-order chi connectivity index (χ0) is 29.4. The molecule has 15 heteroatoms. The van der Waals surface area contributed by atoms with Crippen LogP contribution in [0.15, 0.2) is 41.9 Å². The lowest BCUT2D eigenvalue weighted by atomic mass is 9.97. The van der Waals surface area contributed by atoms with Gasteiger partial charge in [0.2, 0.25) is 5.95 Å². The molecule has 1 unspecified atom stereocenters. The Hall–Kier alpha value is -3.59. The molecule has 0 saturated carbocycles. The molecular formula is C26H30F6N8O. The molecule has 0 aromatic carbocycles. The molecule has 5 rings (SSSR count). The quantitative estimate of drug-likeness (QED) is 0.456. The van der Waals surface area contributed by atoms with E-state index in [1.54, 1.807) is 4.90 Å². The third-order valence-corrected chi connectivity index (χ3v) is 7.42. The molecule has 0 radical (unpaired) electrons. The largest absolute Gasteiger partial charge is 0.419 e. The number of anilines is 3. The SMILES string of the molecule is CNC1(C)NC(Nc2nc(N3CCOCC3)nc3c2CCN(c2ncccc2C(F)(F)F)CC3)=CC=C1C(F)(F)F. The van der Waals surface area contributed by atoms with E-state index in [9.17, 15) is 26.3 Å². The summed E-state index contributed by atoms with van der Waals surface area (Å²) in [5, 5.41) is 8.71. The van der Waals surface area contributed by atoms with Gasteiger partial charge in [-0.3, -0.25) is 5.32 Å². The number of ether oxygens (including phenoxy) is 1. The van der Waals surface area contributed by atoms with Gasteiger partial charge < -0.3 is 25.2 Å². The summed E-state index contributed by atoms with van der Waals surface area (Å²) >= 11 is 0. The van der Waals surface area contributed by atoms with Crippen molar-refractivity contribution in [3.05, 3.63) is 58.7 Å². The highest BCUT2D eigenvalue weighted by Gasteiger charge is 2.46. The Kier molecular flexibility index (Phi) is 7.76. The minimum atomic E-state index is -4.57. The van der Waals surface area contributed by atoms with E-state index in [1.807, 2.05) is 4.90 Å². The number of fused-ring (bicyclic) bond motifs is 1. The van der Waals surface area contributed by atoms with E-state index in [-0.39, 0.29) is 31.1 Å². The molecule has 2 aromatic heterocycles. The molecule has 0 spiro atoms. The predicted octanol–water partition coefficient (Wildman–Crippen LogP) is 3.61. The number of morpholine rings is 1. The van der Waals surface area contributed by atoms with Crippen LogP contribution < -0.4 is 25.8 Å². The highest BCUT2D eigenvalue weighted by molar-refractivity contribution is 5.58. The van der Waals surface area contributed by atoms with Gasteiger partial charge >= 0.3 is 12.4 Å². The van der Waals surface area contributed by atoms with Gasteiger partial charge in [0.1, 0.15) is 23.1 Å². The van der Waals surface area contributed by atoms with E-state index in [0.29, 0.717) is 55.7 Å². The zero-order valence-electron chi connectivity index (χ0n) is 22.5. The van der Waals surface area contributed by atoms with Gasteiger partial charge in [0, 0.05) is 44.4 Å². The normalized spacial score (nSPS) is 21.9. The molecule has 41 heavy (non-hydrogen) atoms. The number of nitrogens with one attached hydrogen (secondary N) is 3. The van der Waals surface area contributed by atoms with Gasteiger partial charge in [-0.1, -0.05) is 0 Å². The lowest BCUT2D eigenvalue weighted by molar-refractivity contribution is -0.137. The van der Waals surface area contributed by atoms with Gasteiger partial charge in [-0.15, -0.1) is 0 Å². The van der Waals surface area contributed by atoms with Gasteiger partial charge in [-0.05, 0) is 44.7 Å². The summed E-state index contributed by atoms with van der Waals surface area (Å²) in [5.41, 5.74) is -1.90. The standard InChI is InChI=1S/C26H30F6N8O/c1-24(33-2)19(26(30,31)32)5-6-20(38-24)36-21-16-7-10-39(22-17(25(27,28)29)4-3-9-34-22)11-8-18(16)35-23(37-21)40-12-14-41-15-13-40/h3-6,9,33,38H,7-8,10-15H2,1-2H3,(H,35,36,37). The summed E-state index contributed by atoms with van der Waals surface area (Å²) in [6, 6.07) is 2.26. The molecule has 1 saturated heterocycles. The van der Waals surface area contributed by atoms with Crippen molar-refractivity contribution in [2.45, 2.75) is 37.8 Å². The Morgan fingerprint density at radius 2 is 1.68 bits per heavy atom. The number of rotatable bonds is 5. The number of dihydropyridines is 1. The second kappa shape index (κ2) is 11.0. The van der Waals surface area contributed by atoms with Crippen LogP contribution in [0.2, 0.25) is 0 Å². The molecule has 0 aliphatic carbocycles. The number of allylic oxidation sites excluding steroid dienone is 2. The molecule has 9 nitrogen and oxygen atoms in total. The summed E-state index contributed by atoms with van der Waals surface area (Å²) < 4.78 is 87.7. The van der Waals surface area contributed by atoms with Crippen molar-refractivity contribution in [2.24, 2.45) is 0 Å². The van der Waals surface area contributed by atoms with Crippen molar-refractivity contribution in [1.29, 1.82) is 0 Å². The molecule has 1 atom stereocenters. The molecular weight excluding hydrogens is 554 g/mol. The lowest BCUT2D eigenvalue weighted by Gasteiger charge is -2.38. The molecule has 0 bridgehead atoms. The average molecular weight is 585 g/mol. The van der Waals surface area contributed by atoms with Crippen molar-refractivity contribution in [3.63, 3.8) is 0 Å². The monoisotopic (exact) mass is 584 g/mol. The maximum atomic E-state index is 13.7. The molecule has 3 aliphatic heterocycles. The van der Waals surface area contributed by atoms with E-state index in [4.69, 9.17) is 14.7 Å². The number of likely N-dealkylation sites (N-methyl/N-ethyl adjacent to an activating group) is 1. The van der Waals surface area contributed by atoms with Crippen LogP contribution in [0.5, 0.6) is 0 Å². The number of alkyl halides is 6. The minimum absolute atomic E-state index is 0.157. The van der Waals surface area contributed by atoms with Crippen molar-refractivity contribution >= 4 is 17.6 Å². The van der Waals surface area contributed by atoms with Crippen molar-refractivity contribution in [3.8, 4) is 0 Å². The van der Waals surface area contributed by atoms with Crippen LogP contribution in [0.3, 0.4) is 0 Å². The van der Waals surface area contributed by atoms with Gasteiger partial charge in [0.15, 0.2) is 0 Å². The highest BCUT2D eigenvalue weighted by Crippen LogP contribution is 2.37.